The van der Waals surface area contributed by atoms with Crippen LogP contribution < -0.4 is 27.0 Å². The largest absolute Gasteiger partial charge is 0.396 e. The summed E-state index contributed by atoms with van der Waals surface area (Å²) < 4.78 is 0. The summed E-state index contributed by atoms with van der Waals surface area (Å²) >= 11 is 0. The number of nitrogen functional groups attached to an aromatic ring is 1. The van der Waals surface area contributed by atoms with E-state index in [-0.39, 0.29) is 0 Å². The zero-order valence-corrected chi connectivity index (χ0v) is 15.4. The zero-order chi connectivity index (χ0) is 17.8. The molecule has 26 heavy (non-hydrogen) atoms. The lowest BCUT2D eigenvalue weighted by atomic mass is 10.3. The summed E-state index contributed by atoms with van der Waals surface area (Å²) in [4.78, 5) is 0. The smallest absolute Gasteiger partial charge is 0.146 e. The number of hydrogen-bond donors (Lipinski definition) is 1. The van der Waals surface area contributed by atoms with Crippen LogP contribution in [0.1, 0.15) is 0 Å². The van der Waals surface area contributed by atoms with Gasteiger partial charge in [-0.25, -0.2) is 0 Å². The van der Waals surface area contributed by atoms with E-state index >= 15 is 0 Å². The van der Waals surface area contributed by atoms with Crippen LogP contribution in [-0.4, -0.2) is 0 Å². The predicted octanol–water partition coefficient (Wildman–Crippen LogP) is 3.89. The summed E-state index contributed by atoms with van der Waals surface area (Å²) in [6.07, 6.45) is 0. The van der Waals surface area contributed by atoms with E-state index in [4.69, 9.17) is 5.73 Å². The van der Waals surface area contributed by atoms with Crippen molar-refractivity contribution in [2.24, 2.45) is 0 Å². The van der Waals surface area contributed by atoms with Crippen molar-refractivity contribution in [2.45, 2.75) is 0 Å². The molecule has 4 rings (SSSR count). The number of anilines is 1. The van der Waals surface area contributed by atoms with Gasteiger partial charge in [-0.05, 0) is 48.5 Å². The average molecular weight is 354 g/mol. The Hall–Kier alpha value is -2.89. The summed E-state index contributed by atoms with van der Waals surface area (Å²) in [5.41, 5.74) is 7.39. The van der Waals surface area contributed by atoms with E-state index in [9.17, 15) is 0 Å². The molecule has 0 heterocycles. The maximum atomic E-state index is 6.55. The standard InChI is InChI=1S/C24H21NP/c25-23-18-10-11-19-24(23)26(20-12-4-1-5-13-20,21-14-6-2-7-15-21)22-16-8-3-9-17-22/h1-19H,25H2/q+1. The topological polar surface area (TPSA) is 26.0 Å². The van der Waals surface area contributed by atoms with E-state index in [1.165, 1.54) is 21.2 Å². The molecular weight excluding hydrogens is 333 g/mol. The molecule has 0 aliphatic rings. The molecule has 0 spiro atoms. The molecule has 2 N–H and O–H groups in total. The van der Waals surface area contributed by atoms with Crippen molar-refractivity contribution >= 4 is 34.2 Å². The van der Waals surface area contributed by atoms with Gasteiger partial charge in [0.25, 0.3) is 0 Å². The second-order valence-electron chi connectivity index (χ2n) is 6.24. The Kier molecular flexibility index (Phi) is 4.56. The van der Waals surface area contributed by atoms with Crippen LogP contribution in [0.3, 0.4) is 0 Å². The van der Waals surface area contributed by atoms with Crippen molar-refractivity contribution in [3.8, 4) is 0 Å². The first-order valence-corrected chi connectivity index (χ1v) is 10.5. The Morgan fingerprint density at radius 3 is 1.15 bits per heavy atom. The van der Waals surface area contributed by atoms with Gasteiger partial charge >= 0.3 is 0 Å². The van der Waals surface area contributed by atoms with Crippen LogP contribution in [0.15, 0.2) is 115 Å². The van der Waals surface area contributed by atoms with E-state index < -0.39 is 7.26 Å². The highest BCUT2D eigenvalue weighted by Crippen LogP contribution is 2.55. The van der Waals surface area contributed by atoms with Gasteiger partial charge in [0.15, 0.2) is 0 Å². The van der Waals surface area contributed by atoms with Crippen LogP contribution in [-0.2, 0) is 0 Å². The first kappa shape index (κ1) is 16.6. The Balaban J connectivity index is 2.17. The average Bonchev–Trinajstić information content (AvgIpc) is 2.72. The third-order valence-electron chi connectivity index (χ3n) is 4.73. The van der Waals surface area contributed by atoms with Gasteiger partial charge in [0, 0.05) is 0 Å². The summed E-state index contributed by atoms with van der Waals surface area (Å²) in [5, 5.41) is 5.16. The van der Waals surface area contributed by atoms with Gasteiger partial charge in [-0.2, -0.15) is 0 Å². The minimum atomic E-state index is -2.07. The zero-order valence-electron chi connectivity index (χ0n) is 14.5. The predicted molar refractivity (Wildman–Crippen MR) is 116 cm³/mol. The molecule has 0 fully saturated rings. The lowest BCUT2D eigenvalue weighted by molar-refractivity contribution is 1.70. The maximum Gasteiger partial charge on any atom is 0.146 e. The number of nitrogens with two attached hydrogens (primary N) is 1. The van der Waals surface area contributed by atoms with Crippen LogP contribution in [0.2, 0.25) is 0 Å². The van der Waals surface area contributed by atoms with Gasteiger partial charge in [0.2, 0.25) is 0 Å². The van der Waals surface area contributed by atoms with Crippen molar-refractivity contribution in [3.63, 3.8) is 0 Å². The summed E-state index contributed by atoms with van der Waals surface area (Å²) in [5.74, 6) is 0. The van der Waals surface area contributed by atoms with E-state index in [0.29, 0.717) is 0 Å². The Morgan fingerprint density at radius 2 is 0.769 bits per heavy atom. The molecule has 0 aliphatic carbocycles. The quantitative estimate of drug-likeness (QED) is 0.437. The van der Waals surface area contributed by atoms with Gasteiger partial charge in [-0.1, -0.05) is 66.7 Å². The Bertz CT molecular complexity index is 885. The highest BCUT2D eigenvalue weighted by molar-refractivity contribution is 8.01. The van der Waals surface area contributed by atoms with Gasteiger partial charge in [0.05, 0.1) is 5.69 Å². The fourth-order valence-corrected chi connectivity index (χ4v) is 7.97. The first-order chi connectivity index (χ1) is 12.8. The van der Waals surface area contributed by atoms with Crippen LogP contribution in [0.25, 0.3) is 0 Å². The van der Waals surface area contributed by atoms with Gasteiger partial charge < -0.3 is 5.73 Å². The molecule has 0 radical (unpaired) electrons. The lowest BCUT2D eigenvalue weighted by Crippen LogP contribution is -2.39. The van der Waals surface area contributed by atoms with Gasteiger partial charge in [-0.3, -0.25) is 0 Å². The molecule has 0 saturated heterocycles. The van der Waals surface area contributed by atoms with Crippen molar-refractivity contribution < 1.29 is 0 Å². The molecule has 0 atom stereocenters. The summed E-state index contributed by atoms with van der Waals surface area (Å²) in [6.45, 7) is 0. The molecule has 2 heteroatoms. The molecule has 0 amide bonds. The molecule has 0 unspecified atom stereocenters. The van der Waals surface area contributed by atoms with Crippen molar-refractivity contribution in [3.05, 3.63) is 115 Å². The van der Waals surface area contributed by atoms with Crippen molar-refractivity contribution in [1.82, 2.24) is 0 Å². The second kappa shape index (κ2) is 7.15. The molecule has 0 aromatic heterocycles. The van der Waals surface area contributed by atoms with Gasteiger partial charge in [0.1, 0.15) is 28.5 Å². The minimum Gasteiger partial charge on any atom is -0.396 e. The third-order valence-corrected chi connectivity index (χ3v) is 9.08. The number of hydrogen-bond acceptors (Lipinski definition) is 1. The summed E-state index contributed by atoms with van der Waals surface area (Å²) in [6, 6.07) is 40.7. The lowest BCUT2D eigenvalue weighted by Gasteiger charge is -2.28. The van der Waals surface area contributed by atoms with E-state index in [2.05, 4.69) is 103 Å². The summed E-state index contributed by atoms with van der Waals surface area (Å²) in [7, 11) is -2.07. The highest BCUT2D eigenvalue weighted by Gasteiger charge is 2.48. The highest BCUT2D eigenvalue weighted by atomic mass is 31.2. The van der Waals surface area contributed by atoms with E-state index in [1.54, 1.807) is 0 Å². The molecule has 4 aromatic carbocycles. The molecule has 1 nitrogen and oxygen atoms in total. The van der Waals surface area contributed by atoms with Crippen LogP contribution in [0.5, 0.6) is 0 Å². The molecule has 4 aromatic rings. The molecular formula is C24H21NP+. The monoisotopic (exact) mass is 354 g/mol. The Morgan fingerprint density at radius 1 is 0.423 bits per heavy atom. The van der Waals surface area contributed by atoms with Crippen molar-refractivity contribution in [2.75, 3.05) is 5.73 Å². The molecule has 0 aliphatic heterocycles. The van der Waals surface area contributed by atoms with Crippen LogP contribution in [0, 0.1) is 0 Å². The minimum absolute atomic E-state index is 0.845. The van der Waals surface area contributed by atoms with Gasteiger partial charge in [-0.15, -0.1) is 0 Å². The second-order valence-corrected chi connectivity index (χ2v) is 9.61. The molecule has 0 saturated carbocycles. The molecule has 0 bridgehead atoms. The Labute approximate surface area is 155 Å². The van der Waals surface area contributed by atoms with Crippen LogP contribution >= 0.6 is 7.26 Å². The molecule has 126 valence electrons. The normalized spacial score (nSPS) is 11.2. The third kappa shape index (κ3) is 2.71. The first-order valence-electron chi connectivity index (χ1n) is 8.74. The van der Waals surface area contributed by atoms with E-state index in [0.717, 1.165) is 5.69 Å². The number of benzene rings is 4. The maximum absolute atomic E-state index is 6.55. The van der Waals surface area contributed by atoms with Crippen LogP contribution in [0.4, 0.5) is 5.69 Å². The number of para-hydroxylation sites is 1. The SMILES string of the molecule is Nc1ccccc1[P+](c1ccccc1)(c1ccccc1)c1ccccc1. The fourth-order valence-electron chi connectivity index (χ4n) is 3.61. The van der Waals surface area contributed by atoms with Crippen molar-refractivity contribution in [1.29, 1.82) is 0 Å². The fraction of sp³-hybridized carbons (Fsp3) is 0. The van der Waals surface area contributed by atoms with E-state index in [1.807, 2.05) is 12.1 Å². The number of rotatable bonds is 4.